The van der Waals surface area contributed by atoms with Crippen LogP contribution in [0.25, 0.3) is 0 Å². The summed E-state index contributed by atoms with van der Waals surface area (Å²) in [6.07, 6.45) is 0.573. The van der Waals surface area contributed by atoms with Crippen LogP contribution in [0.4, 0.5) is 0 Å². The van der Waals surface area contributed by atoms with E-state index in [0.717, 1.165) is 5.56 Å². The summed E-state index contributed by atoms with van der Waals surface area (Å²) in [6.45, 7) is 0.469. The van der Waals surface area contributed by atoms with Crippen molar-refractivity contribution in [2.24, 2.45) is 0 Å². The Balaban J connectivity index is 1.92. The molecular formula is C19H19Cl2NO5S. The van der Waals surface area contributed by atoms with Crippen molar-refractivity contribution < 1.29 is 22.7 Å². The van der Waals surface area contributed by atoms with Gasteiger partial charge in [0, 0.05) is 19.1 Å². The van der Waals surface area contributed by atoms with Gasteiger partial charge in [-0.05, 0) is 18.2 Å². The van der Waals surface area contributed by atoms with E-state index < -0.39 is 15.7 Å². The van der Waals surface area contributed by atoms with E-state index in [1.165, 1.54) is 19.2 Å². The molecule has 1 unspecified atom stereocenters. The van der Waals surface area contributed by atoms with Crippen LogP contribution >= 0.6 is 23.2 Å². The predicted octanol–water partition coefficient (Wildman–Crippen LogP) is 3.67. The Hall–Kier alpha value is -1.80. The number of carbonyl (C=O) groups is 1. The van der Waals surface area contributed by atoms with Gasteiger partial charge < -0.3 is 14.8 Å². The summed E-state index contributed by atoms with van der Waals surface area (Å²) >= 11 is 12.5. The Labute approximate surface area is 173 Å². The van der Waals surface area contributed by atoms with Gasteiger partial charge in [0.1, 0.15) is 5.75 Å². The number of ether oxygens (including phenoxy) is 2. The third kappa shape index (κ3) is 4.27. The quantitative estimate of drug-likeness (QED) is 0.736. The molecule has 0 spiro atoms. The average Bonchev–Trinajstić information content (AvgIpc) is 2.66. The third-order valence-electron chi connectivity index (χ3n) is 4.44. The van der Waals surface area contributed by atoms with Gasteiger partial charge in [-0.3, -0.25) is 4.79 Å². The number of methoxy groups -OCH3 is 1. The van der Waals surface area contributed by atoms with Crippen molar-refractivity contribution in [1.82, 2.24) is 5.32 Å². The Morgan fingerprint density at radius 2 is 2.00 bits per heavy atom. The number of benzene rings is 2. The molecule has 6 nitrogen and oxygen atoms in total. The Kier molecular flexibility index (Phi) is 6.50. The second-order valence-electron chi connectivity index (χ2n) is 6.25. The Bertz CT molecular complexity index is 994. The van der Waals surface area contributed by atoms with Gasteiger partial charge in [-0.15, -0.1) is 0 Å². The first-order valence-electron chi connectivity index (χ1n) is 8.57. The topological polar surface area (TPSA) is 81.7 Å². The minimum atomic E-state index is -3.72. The lowest BCUT2D eigenvalue weighted by Crippen LogP contribution is -2.32. The van der Waals surface area contributed by atoms with Crippen molar-refractivity contribution in [3.8, 4) is 5.75 Å². The molecule has 0 bridgehead atoms. The number of sulfone groups is 1. The number of carbonyl (C=O) groups excluding carboxylic acids is 1. The van der Waals surface area contributed by atoms with Crippen LogP contribution in [0.3, 0.4) is 0 Å². The molecule has 1 aliphatic heterocycles. The van der Waals surface area contributed by atoms with E-state index in [4.69, 9.17) is 32.7 Å². The van der Waals surface area contributed by atoms with Gasteiger partial charge in [0.2, 0.25) is 0 Å². The van der Waals surface area contributed by atoms with Gasteiger partial charge in [0.25, 0.3) is 5.91 Å². The smallest absolute Gasteiger partial charge is 0.254 e. The zero-order valence-corrected chi connectivity index (χ0v) is 17.4. The highest BCUT2D eigenvalue weighted by Crippen LogP contribution is 2.35. The van der Waals surface area contributed by atoms with Crippen molar-refractivity contribution >= 4 is 38.9 Å². The number of para-hydroxylation sites is 1. The third-order valence-corrected chi connectivity index (χ3v) is 6.97. The van der Waals surface area contributed by atoms with E-state index >= 15 is 0 Å². The number of hydrogen-bond donors (Lipinski definition) is 1. The zero-order valence-electron chi connectivity index (χ0n) is 15.1. The number of rotatable bonds is 6. The van der Waals surface area contributed by atoms with Crippen LogP contribution in [0, 0.1) is 0 Å². The van der Waals surface area contributed by atoms with Crippen molar-refractivity contribution in [3.63, 3.8) is 0 Å². The highest BCUT2D eigenvalue weighted by atomic mass is 35.5. The Morgan fingerprint density at radius 3 is 2.75 bits per heavy atom. The largest absolute Gasteiger partial charge is 0.493 e. The molecule has 3 rings (SSSR count). The van der Waals surface area contributed by atoms with Gasteiger partial charge in [-0.2, -0.15) is 0 Å². The second-order valence-corrected chi connectivity index (χ2v) is 9.11. The maximum absolute atomic E-state index is 12.9. The molecule has 150 valence electrons. The summed E-state index contributed by atoms with van der Waals surface area (Å²) in [6, 6.07) is 9.78. The van der Waals surface area contributed by atoms with Crippen LogP contribution in [0.15, 0.2) is 41.3 Å². The van der Waals surface area contributed by atoms with Gasteiger partial charge >= 0.3 is 0 Å². The monoisotopic (exact) mass is 443 g/mol. The fourth-order valence-corrected chi connectivity index (χ4v) is 5.16. The van der Waals surface area contributed by atoms with Gasteiger partial charge in [-0.1, -0.05) is 41.4 Å². The standard InChI is InChI=1S/C19H19Cl2NO5S/c1-26-10-11-28(24,25)16-7-6-13(20)17(18(16)21)19(23)22-14-8-9-27-15-5-3-2-4-12(14)15/h2-7,14H,8-11H2,1H3,(H,22,23). The molecule has 1 amide bonds. The number of amides is 1. The predicted molar refractivity (Wildman–Crippen MR) is 107 cm³/mol. The molecule has 1 heterocycles. The summed E-state index contributed by atoms with van der Waals surface area (Å²) in [5.74, 6) is -0.0909. The summed E-state index contributed by atoms with van der Waals surface area (Å²) in [5.41, 5.74) is 0.781. The number of nitrogens with one attached hydrogen (secondary N) is 1. The van der Waals surface area contributed by atoms with Gasteiger partial charge in [0.15, 0.2) is 9.84 Å². The lowest BCUT2D eigenvalue weighted by molar-refractivity contribution is 0.0925. The molecule has 2 aromatic carbocycles. The molecule has 0 aliphatic carbocycles. The zero-order chi connectivity index (χ0) is 20.3. The fourth-order valence-electron chi connectivity index (χ4n) is 3.01. The van der Waals surface area contributed by atoms with E-state index in [1.807, 2.05) is 24.3 Å². The highest BCUT2D eigenvalue weighted by Gasteiger charge is 2.28. The van der Waals surface area contributed by atoms with E-state index in [1.54, 1.807) is 0 Å². The molecule has 28 heavy (non-hydrogen) atoms. The number of halogens is 2. The average molecular weight is 444 g/mol. The fraction of sp³-hybridized carbons (Fsp3) is 0.316. The van der Waals surface area contributed by atoms with E-state index in [9.17, 15) is 13.2 Å². The van der Waals surface area contributed by atoms with Crippen LogP contribution in [0.1, 0.15) is 28.4 Å². The van der Waals surface area contributed by atoms with Crippen LogP contribution < -0.4 is 10.1 Å². The van der Waals surface area contributed by atoms with Crippen molar-refractivity contribution in [2.45, 2.75) is 17.4 Å². The summed E-state index contributed by atoms with van der Waals surface area (Å²) in [4.78, 5) is 12.8. The van der Waals surface area contributed by atoms with Gasteiger partial charge in [0.05, 0.1) is 45.5 Å². The SMILES string of the molecule is COCCS(=O)(=O)c1ccc(Cl)c(C(=O)NC2CCOc3ccccc32)c1Cl. The molecule has 9 heteroatoms. The molecule has 0 aromatic heterocycles. The first-order chi connectivity index (χ1) is 13.3. The van der Waals surface area contributed by atoms with Crippen LogP contribution in [-0.4, -0.2) is 40.4 Å². The molecule has 1 N–H and O–H groups in total. The lowest BCUT2D eigenvalue weighted by Gasteiger charge is -2.27. The highest BCUT2D eigenvalue weighted by molar-refractivity contribution is 7.91. The minimum absolute atomic E-state index is 0.0156. The molecular weight excluding hydrogens is 425 g/mol. The maximum atomic E-state index is 12.9. The summed E-state index contributed by atoms with van der Waals surface area (Å²) < 4.78 is 35.4. The second kappa shape index (κ2) is 8.69. The molecule has 2 aromatic rings. The van der Waals surface area contributed by atoms with Crippen LogP contribution in [0.5, 0.6) is 5.75 Å². The van der Waals surface area contributed by atoms with Crippen molar-refractivity contribution in [2.75, 3.05) is 26.1 Å². The van der Waals surface area contributed by atoms with Crippen molar-refractivity contribution in [3.05, 3.63) is 57.6 Å². The van der Waals surface area contributed by atoms with E-state index in [0.29, 0.717) is 18.8 Å². The van der Waals surface area contributed by atoms with Crippen molar-refractivity contribution in [1.29, 1.82) is 0 Å². The molecule has 1 atom stereocenters. The first-order valence-corrected chi connectivity index (χ1v) is 11.0. The molecule has 0 saturated carbocycles. The normalized spacial score (nSPS) is 16.2. The van der Waals surface area contributed by atoms with Gasteiger partial charge in [-0.25, -0.2) is 8.42 Å². The molecule has 0 fully saturated rings. The van der Waals surface area contributed by atoms with Crippen LogP contribution in [0.2, 0.25) is 10.0 Å². The first kappa shape index (κ1) is 20.9. The lowest BCUT2D eigenvalue weighted by atomic mass is 10.00. The van der Waals surface area contributed by atoms with E-state index in [2.05, 4.69) is 5.32 Å². The number of fused-ring (bicyclic) bond motifs is 1. The summed E-state index contributed by atoms with van der Waals surface area (Å²) in [5, 5.41) is 2.77. The molecule has 0 saturated heterocycles. The maximum Gasteiger partial charge on any atom is 0.254 e. The Morgan fingerprint density at radius 1 is 1.25 bits per heavy atom. The minimum Gasteiger partial charge on any atom is -0.493 e. The number of hydrogen-bond acceptors (Lipinski definition) is 5. The van der Waals surface area contributed by atoms with Crippen LogP contribution in [-0.2, 0) is 14.6 Å². The molecule has 1 aliphatic rings. The summed E-state index contributed by atoms with van der Waals surface area (Å²) in [7, 11) is -2.32. The molecule has 0 radical (unpaired) electrons. The van der Waals surface area contributed by atoms with E-state index in [-0.39, 0.29) is 38.9 Å².